The number of hydrogen-bond donors (Lipinski definition) is 3. The van der Waals surface area contributed by atoms with Crippen LogP contribution in [-0.2, 0) is 12.0 Å². The Balaban J connectivity index is 2.03. The standard InChI is InChI=1S/C16H13F2N3O2S/c1-2-15(23)7-16(17,18)4-10-9-3-11(8-5-19-20-6-8)24-12(9)14(22)21-13(10)15/h3,5-6,23H,1-2,4,7H2,(H-,19,20,21,22)/p+1/t15-/m0/s1. The van der Waals surface area contributed by atoms with Gasteiger partial charge in [-0.15, -0.1) is 11.3 Å². The van der Waals surface area contributed by atoms with Crippen molar-refractivity contribution in [1.82, 2.24) is 15.2 Å². The van der Waals surface area contributed by atoms with E-state index in [-0.39, 0.29) is 23.2 Å². The van der Waals surface area contributed by atoms with Crippen LogP contribution >= 0.6 is 11.3 Å². The van der Waals surface area contributed by atoms with E-state index in [1.54, 1.807) is 18.5 Å². The Morgan fingerprint density at radius 3 is 2.92 bits per heavy atom. The van der Waals surface area contributed by atoms with Crippen molar-refractivity contribution in [3.05, 3.63) is 47.0 Å². The average molecular weight is 350 g/mol. The summed E-state index contributed by atoms with van der Waals surface area (Å²) in [4.78, 5) is 15.8. The van der Waals surface area contributed by atoms with Crippen LogP contribution in [0.1, 0.15) is 24.1 Å². The highest BCUT2D eigenvalue weighted by Gasteiger charge is 2.50. The van der Waals surface area contributed by atoms with Crippen molar-refractivity contribution in [3.63, 3.8) is 0 Å². The smallest absolute Gasteiger partial charge is 0.266 e. The summed E-state index contributed by atoms with van der Waals surface area (Å²) in [5, 5.41) is 17.6. The highest BCUT2D eigenvalue weighted by atomic mass is 32.1. The molecule has 0 unspecified atom stereocenters. The summed E-state index contributed by atoms with van der Waals surface area (Å²) in [6.45, 7) is 3.59. The molecule has 3 N–H and O–H groups in total. The minimum Gasteiger partial charge on any atom is -0.379 e. The third-order valence-corrected chi connectivity index (χ3v) is 5.63. The van der Waals surface area contributed by atoms with Crippen molar-refractivity contribution in [2.24, 2.45) is 0 Å². The van der Waals surface area contributed by atoms with Crippen LogP contribution in [0.2, 0.25) is 0 Å². The summed E-state index contributed by atoms with van der Waals surface area (Å²) >= 11 is 1.22. The lowest BCUT2D eigenvalue weighted by molar-refractivity contribution is -0.105. The Labute approximate surface area is 139 Å². The van der Waals surface area contributed by atoms with E-state index in [4.69, 9.17) is 0 Å². The molecule has 4 rings (SSSR count). The first-order valence-electron chi connectivity index (χ1n) is 7.41. The molecule has 1 atom stereocenters. The molecule has 3 heterocycles. The second-order valence-electron chi connectivity index (χ2n) is 6.14. The molecule has 3 aromatic rings. The third kappa shape index (κ3) is 2.17. The van der Waals surface area contributed by atoms with Gasteiger partial charge in [-0.25, -0.2) is 8.78 Å². The average Bonchev–Trinajstić information content (AvgIpc) is 3.16. The fourth-order valence-corrected chi connectivity index (χ4v) is 4.39. The van der Waals surface area contributed by atoms with Crippen molar-refractivity contribution < 1.29 is 13.9 Å². The SMILES string of the molecule is [CH2+]C[C@]1(O)CC(F)(F)Cc2c1[nH]c(=O)c1sc(-c3cn[nH]c3)cc21. The molecule has 0 amide bonds. The lowest BCUT2D eigenvalue weighted by Crippen LogP contribution is -2.42. The van der Waals surface area contributed by atoms with Crippen molar-refractivity contribution in [2.75, 3.05) is 0 Å². The van der Waals surface area contributed by atoms with Crippen molar-refractivity contribution in [2.45, 2.75) is 30.8 Å². The van der Waals surface area contributed by atoms with Crippen LogP contribution in [0, 0.1) is 6.92 Å². The molecule has 0 radical (unpaired) electrons. The Kier molecular flexibility index (Phi) is 3.14. The molecule has 0 fully saturated rings. The number of pyridine rings is 1. The molecule has 3 aromatic heterocycles. The van der Waals surface area contributed by atoms with Crippen LogP contribution in [0.15, 0.2) is 23.3 Å². The number of aromatic amines is 2. The molecule has 0 saturated carbocycles. The maximum absolute atomic E-state index is 14.2. The quantitative estimate of drug-likeness (QED) is 0.622. The first-order chi connectivity index (χ1) is 11.3. The molecular weight excluding hydrogens is 336 g/mol. The van der Waals surface area contributed by atoms with Gasteiger partial charge in [0.25, 0.3) is 11.5 Å². The van der Waals surface area contributed by atoms with Gasteiger partial charge in [-0.05, 0) is 11.6 Å². The van der Waals surface area contributed by atoms with Gasteiger partial charge in [-0.3, -0.25) is 9.89 Å². The predicted molar refractivity (Wildman–Crippen MR) is 87.2 cm³/mol. The van der Waals surface area contributed by atoms with Gasteiger partial charge in [0.2, 0.25) is 0 Å². The van der Waals surface area contributed by atoms with Gasteiger partial charge in [0.1, 0.15) is 16.7 Å². The van der Waals surface area contributed by atoms with Gasteiger partial charge in [-0.2, -0.15) is 5.10 Å². The number of aromatic nitrogens is 3. The molecule has 5 nitrogen and oxygen atoms in total. The van der Waals surface area contributed by atoms with E-state index in [0.29, 0.717) is 10.1 Å². The normalized spacial score (nSPS) is 22.6. The van der Waals surface area contributed by atoms with Crippen molar-refractivity contribution in [1.29, 1.82) is 0 Å². The Morgan fingerprint density at radius 2 is 2.25 bits per heavy atom. The summed E-state index contributed by atoms with van der Waals surface area (Å²) in [5.41, 5.74) is -0.988. The van der Waals surface area contributed by atoms with E-state index in [2.05, 4.69) is 22.1 Å². The van der Waals surface area contributed by atoms with Gasteiger partial charge in [0.15, 0.2) is 0 Å². The molecule has 1 aliphatic rings. The molecule has 0 aromatic carbocycles. The van der Waals surface area contributed by atoms with Crippen LogP contribution in [0.4, 0.5) is 8.78 Å². The summed E-state index contributed by atoms with van der Waals surface area (Å²) in [6.07, 6.45) is 1.88. The topological polar surface area (TPSA) is 81.8 Å². The Morgan fingerprint density at radius 1 is 1.46 bits per heavy atom. The first-order valence-corrected chi connectivity index (χ1v) is 8.22. The molecular formula is C16H14F2N3O2S+. The van der Waals surface area contributed by atoms with Crippen LogP contribution in [0.25, 0.3) is 20.5 Å². The monoisotopic (exact) mass is 350 g/mol. The predicted octanol–water partition coefficient (Wildman–Crippen LogP) is 2.97. The van der Waals surface area contributed by atoms with E-state index < -0.39 is 24.4 Å². The molecule has 8 heteroatoms. The summed E-state index contributed by atoms with van der Waals surface area (Å²) < 4.78 is 28.7. The number of rotatable bonds is 2. The summed E-state index contributed by atoms with van der Waals surface area (Å²) in [5.74, 6) is -3.05. The van der Waals surface area contributed by atoms with E-state index in [0.717, 1.165) is 10.4 Å². The van der Waals surface area contributed by atoms with Crippen LogP contribution in [0.3, 0.4) is 0 Å². The second kappa shape index (κ2) is 4.90. The Hall–Kier alpha value is -2.19. The van der Waals surface area contributed by atoms with Crippen LogP contribution in [0.5, 0.6) is 0 Å². The van der Waals surface area contributed by atoms with Gasteiger partial charge < -0.3 is 10.1 Å². The number of alkyl halides is 2. The minimum atomic E-state index is -3.05. The second-order valence-corrected chi connectivity index (χ2v) is 7.19. The maximum atomic E-state index is 14.2. The van der Waals surface area contributed by atoms with E-state index in [1.807, 2.05) is 0 Å². The molecule has 124 valence electrons. The van der Waals surface area contributed by atoms with Crippen LogP contribution < -0.4 is 5.56 Å². The molecule has 1 aliphatic carbocycles. The molecule has 24 heavy (non-hydrogen) atoms. The zero-order valence-corrected chi connectivity index (χ0v) is 13.3. The number of fused-ring (bicyclic) bond motifs is 3. The van der Waals surface area contributed by atoms with Crippen molar-refractivity contribution >= 4 is 21.4 Å². The van der Waals surface area contributed by atoms with Gasteiger partial charge >= 0.3 is 0 Å². The number of nitrogens with zero attached hydrogens (tertiary/aromatic N) is 1. The number of thiophene rings is 1. The first kappa shape index (κ1) is 15.3. The van der Waals surface area contributed by atoms with Gasteiger partial charge in [-0.1, -0.05) is 0 Å². The van der Waals surface area contributed by atoms with E-state index in [9.17, 15) is 18.7 Å². The highest BCUT2D eigenvalue weighted by Crippen LogP contribution is 2.46. The molecule has 0 aliphatic heterocycles. The number of nitrogens with one attached hydrogen (secondary N) is 2. The third-order valence-electron chi connectivity index (χ3n) is 4.45. The Bertz CT molecular complexity index is 977. The number of aliphatic hydroxyl groups is 1. The fraction of sp³-hybridized carbons (Fsp3) is 0.312. The van der Waals surface area contributed by atoms with Gasteiger partial charge in [0, 0.05) is 28.4 Å². The summed E-state index contributed by atoms with van der Waals surface area (Å²) in [7, 11) is 0. The van der Waals surface area contributed by atoms with E-state index in [1.165, 1.54) is 11.3 Å². The van der Waals surface area contributed by atoms with Gasteiger partial charge in [0.05, 0.1) is 25.2 Å². The molecule has 0 saturated heterocycles. The maximum Gasteiger partial charge on any atom is 0.266 e. The minimum absolute atomic E-state index is 0.143. The molecule has 0 spiro atoms. The number of halogens is 2. The lowest BCUT2D eigenvalue weighted by atomic mass is 9.78. The largest absolute Gasteiger partial charge is 0.379 e. The summed E-state index contributed by atoms with van der Waals surface area (Å²) in [6, 6.07) is 1.71. The van der Waals surface area contributed by atoms with Crippen LogP contribution in [-0.4, -0.2) is 26.2 Å². The highest BCUT2D eigenvalue weighted by molar-refractivity contribution is 7.22. The van der Waals surface area contributed by atoms with Crippen molar-refractivity contribution in [3.8, 4) is 10.4 Å². The zero-order valence-electron chi connectivity index (χ0n) is 12.5. The number of H-pyrrole nitrogens is 2. The lowest BCUT2D eigenvalue weighted by Gasteiger charge is -2.35. The fourth-order valence-electron chi connectivity index (χ4n) is 3.32. The number of hydrogen-bond acceptors (Lipinski definition) is 4. The zero-order chi connectivity index (χ0) is 17.1. The molecule has 0 bridgehead atoms. The van der Waals surface area contributed by atoms with E-state index >= 15 is 0 Å².